The van der Waals surface area contributed by atoms with E-state index in [2.05, 4.69) is 25.7 Å². The molecule has 2 N–H and O–H groups in total. The number of benzene rings is 1. The van der Waals surface area contributed by atoms with Crippen LogP contribution in [0.4, 0.5) is 15.0 Å². The molecule has 0 spiro atoms. The third-order valence-corrected chi connectivity index (χ3v) is 3.62. The molecule has 0 aliphatic rings. The van der Waals surface area contributed by atoms with E-state index < -0.39 is 18.0 Å². The van der Waals surface area contributed by atoms with Crippen molar-refractivity contribution in [3.8, 4) is 5.69 Å². The minimum Gasteiger partial charge on any atom is -0.453 e. The number of carbonyl (C=O) groups excluding carboxylic acids is 2. The zero-order valence-corrected chi connectivity index (χ0v) is 14.4. The van der Waals surface area contributed by atoms with Gasteiger partial charge in [-0.2, -0.15) is 0 Å². The molecule has 0 aliphatic heterocycles. The number of alkyl carbamates (subject to hydrolysis) is 1. The standard InChI is InChI=1S/C16H20FN5O3/c1-9(2)13(18-16(24)25-4)15(23)19-14-10(3)22(21-20-14)12-7-5-11(17)6-8-12/h5-9,13H,1-4H3,(H,18,24)(H,19,23)/t13-/m0/s1. The maximum absolute atomic E-state index is 13.0. The number of methoxy groups -OCH3 is 1. The number of aromatic nitrogens is 3. The molecule has 1 aromatic carbocycles. The van der Waals surface area contributed by atoms with Gasteiger partial charge in [0, 0.05) is 0 Å². The zero-order chi connectivity index (χ0) is 18.6. The van der Waals surface area contributed by atoms with E-state index in [9.17, 15) is 14.0 Å². The van der Waals surface area contributed by atoms with Crippen LogP contribution in [0.1, 0.15) is 19.5 Å². The van der Waals surface area contributed by atoms with Gasteiger partial charge in [0.05, 0.1) is 18.5 Å². The highest BCUT2D eigenvalue weighted by Gasteiger charge is 2.26. The highest BCUT2D eigenvalue weighted by molar-refractivity contribution is 5.96. The van der Waals surface area contributed by atoms with Crippen LogP contribution in [0, 0.1) is 18.7 Å². The highest BCUT2D eigenvalue weighted by atomic mass is 19.1. The lowest BCUT2D eigenvalue weighted by molar-refractivity contribution is -0.119. The Hall–Kier alpha value is -2.97. The van der Waals surface area contributed by atoms with Crippen LogP contribution in [0.15, 0.2) is 24.3 Å². The molecule has 2 aromatic rings. The Kier molecular flexibility index (Phi) is 5.68. The van der Waals surface area contributed by atoms with Crippen molar-refractivity contribution >= 4 is 17.8 Å². The lowest BCUT2D eigenvalue weighted by Gasteiger charge is -2.20. The first-order valence-electron chi connectivity index (χ1n) is 7.67. The van der Waals surface area contributed by atoms with Crippen molar-refractivity contribution in [1.82, 2.24) is 20.3 Å². The van der Waals surface area contributed by atoms with Gasteiger partial charge in [0.15, 0.2) is 5.82 Å². The van der Waals surface area contributed by atoms with Gasteiger partial charge in [-0.25, -0.2) is 13.9 Å². The van der Waals surface area contributed by atoms with Gasteiger partial charge in [-0.1, -0.05) is 19.1 Å². The average Bonchev–Trinajstić information content (AvgIpc) is 2.93. The van der Waals surface area contributed by atoms with E-state index in [1.54, 1.807) is 32.9 Å². The molecule has 0 saturated carbocycles. The fraction of sp³-hybridized carbons (Fsp3) is 0.375. The van der Waals surface area contributed by atoms with Crippen LogP contribution in [0.3, 0.4) is 0 Å². The maximum atomic E-state index is 13.0. The van der Waals surface area contributed by atoms with Crippen molar-refractivity contribution in [2.75, 3.05) is 12.4 Å². The lowest BCUT2D eigenvalue weighted by atomic mass is 10.0. The van der Waals surface area contributed by atoms with Crippen molar-refractivity contribution in [2.24, 2.45) is 5.92 Å². The Morgan fingerprint density at radius 1 is 1.24 bits per heavy atom. The highest BCUT2D eigenvalue weighted by Crippen LogP contribution is 2.17. The molecule has 0 unspecified atom stereocenters. The summed E-state index contributed by atoms with van der Waals surface area (Å²) in [6.45, 7) is 5.31. The molecule has 134 valence electrons. The monoisotopic (exact) mass is 349 g/mol. The van der Waals surface area contributed by atoms with Crippen LogP contribution in [-0.4, -0.2) is 40.1 Å². The SMILES string of the molecule is COC(=O)N[C@H](C(=O)Nc1nnn(-c2ccc(F)cc2)c1C)C(C)C. The summed E-state index contributed by atoms with van der Waals surface area (Å²) in [5, 5.41) is 13.0. The smallest absolute Gasteiger partial charge is 0.407 e. The summed E-state index contributed by atoms with van der Waals surface area (Å²) in [5.74, 6) is -0.698. The minimum absolute atomic E-state index is 0.161. The number of nitrogens with one attached hydrogen (secondary N) is 2. The quantitative estimate of drug-likeness (QED) is 0.861. The van der Waals surface area contributed by atoms with E-state index in [4.69, 9.17) is 0 Å². The first-order chi connectivity index (χ1) is 11.8. The van der Waals surface area contributed by atoms with Crippen molar-refractivity contribution < 1.29 is 18.7 Å². The topological polar surface area (TPSA) is 98.1 Å². The number of hydrogen-bond acceptors (Lipinski definition) is 5. The number of nitrogens with zero attached hydrogens (tertiary/aromatic N) is 3. The Morgan fingerprint density at radius 2 is 1.88 bits per heavy atom. The summed E-state index contributed by atoms with van der Waals surface area (Å²) >= 11 is 0. The summed E-state index contributed by atoms with van der Waals surface area (Å²) in [6.07, 6.45) is -0.694. The van der Waals surface area contributed by atoms with Crippen LogP contribution in [0.5, 0.6) is 0 Å². The summed E-state index contributed by atoms with van der Waals surface area (Å²) in [4.78, 5) is 23.8. The van der Waals surface area contributed by atoms with Crippen LogP contribution in [0.2, 0.25) is 0 Å². The van der Waals surface area contributed by atoms with E-state index in [1.807, 2.05) is 0 Å². The summed E-state index contributed by atoms with van der Waals surface area (Å²) in [7, 11) is 1.23. The molecule has 1 aromatic heterocycles. The maximum Gasteiger partial charge on any atom is 0.407 e. The van der Waals surface area contributed by atoms with Crippen molar-refractivity contribution in [3.63, 3.8) is 0 Å². The predicted molar refractivity (Wildman–Crippen MR) is 88.9 cm³/mol. The Balaban J connectivity index is 2.18. The molecule has 1 atom stereocenters. The fourth-order valence-corrected chi connectivity index (χ4v) is 2.19. The van der Waals surface area contributed by atoms with E-state index >= 15 is 0 Å². The van der Waals surface area contributed by atoms with Gasteiger partial charge in [-0.3, -0.25) is 4.79 Å². The zero-order valence-electron chi connectivity index (χ0n) is 14.4. The normalized spacial score (nSPS) is 11.9. The molecule has 0 bridgehead atoms. The number of ether oxygens (including phenoxy) is 1. The molecule has 2 rings (SSSR count). The second-order valence-electron chi connectivity index (χ2n) is 5.76. The molecule has 25 heavy (non-hydrogen) atoms. The van der Waals surface area contributed by atoms with Gasteiger partial charge in [-0.05, 0) is 37.1 Å². The molecular weight excluding hydrogens is 329 g/mol. The van der Waals surface area contributed by atoms with Gasteiger partial charge in [-0.15, -0.1) is 5.10 Å². The number of amides is 2. The third kappa shape index (κ3) is 4.31. The Morgan fingerprint density at radius 3 is 2.44 bits per heavy atom. The lowest BCUT2D eigenvalue weighted by Crippen LogP contribution is -2.47. The molecule has 0 fully saturated rings. The van der Waals surface area contributed by atoms with Crippen LogP contribution < -0.4 is 10.6 Å². The van der Waals surface area contributed by atoms with Crippen LogP contribution in [0.25, 0.3) is 5.69 Å². The van der Waals surface area contributed by atoms with Crippen molar-refractivity contribution in [2.45, 2.75) is 26.8 Å². The summed E-state index contributed by atoms with van der Waals surface area (Å²) in [6, 6.07) is 4.94. The number of carbonyl (C=O) groups is 2. The van der Waals surface area contributed by atoms with E-state index in [-0.39, 0.29) is 17.6 Å². The summed E-state index contributed by atoms with van der Waals surface area (Å²) < 4.78 is 19.0. The van der Waals surface area contributed by atoms with Crippen LogP contribution in [-0.2, 0) is 9.53 Å². The van der Waals surface area contributed by atoms with Gasteiger partial charge in [0.2, 0.25) is 5.91 Å². The molecule has 0 radical (unpaired) electrons. The molecule has 2 amide bonds. The molecule has 1 heterocycles. The van der Waals surface area contributed by atoms with Crippen molar-refractivity contribution in [1.29, 1.82) is 0 Å². The number of hydrogen-bond donors (Lipinski definition) is 2. The molecular formula is C16H20FN5O3. The van der Waals surface area contributed by atoms with E-state index in [0.717, 1.165) is 0 Å². The molecule has 0 saturated heterocycles. The number of rotatable bonds is 5. The molecule has 8 nitrogen and oxygen atoms in total. The molecule has 9 heteroatoms. The number of anilines is 1. The average molecular weight is 349 g/mol. The van der Waals surface area contributed by atoms with Gasteiger partial charge in [0.1, 0.15) is 11.9 Å². The fourth-order valence-electron chi connectivity index (χ4n) is 2.19. The second-order valence-corrected chi connectivity index (χ2v) is 5.76. The first-order valence-corrected chi connectivity index (χ1v) is 7.67. The minimum atomic E-state index is -0.789. The largest absolute Gasteiger partial charge is 0.453 e. The third-order valence-electron chi connectivity index (χ3n) is 3.62. The van der Waals surface area contributed by atoms with Gasteiger partial charge in [0.25, 0.3) is 0 Å². The Labute approximate surface area is 144 Å². The van der Waals surface area contributed by atoms with E-state index in [0.29, 0.717) is 11.4 Å². The number of halogens is 1. The van der Waals surface area contributed by atoms with E-state index in [1.165, 1.54) is 23.9 Å². The van der Waals surface area contributed by atoms with Gasteiger partial charge < -0.3 is 15.4 Å². The second kappa shape index (κ2) is 7.73. The Bertz CT molecular complexity index is 758. The van der Waals surface area contributed by atoms with Gasteiger partial charge >= 0.3 is 6.09 Å². The van der Waals surface area contributed by atoms with Crippen LogP contribution >= 0.6 is 0 Å². The first kappa shape index (κ1) is 18.4. The summed E-state index contributed by atoms with van der Waals surface area (Å²) in [5.41, 5.74) is 1.18. The molecule has 0 aliphatic carbocycles. The predicted octanol–water partition coefficient (Wildman–Crippen LogP) is 2.03. The van der Waals surface area contributed by atoms with Crippen molar-refractivity contribution in [3.05, 3.63) is 35.8 Å².